The molecule has 80 valence electrons. The van der Waals surface area contributed by atoms with E-state index in [1.165, 1.54) is 16.3 Å². The standard InChI is InChI=1S/C15H14O/c1-10(2)11-7-5-8-13-12-6-3-4-9-14(12)16-15(11)13/h3-10H,1-2H3. The van der Waals surface area contributed by atoms with Crippen molar-refractivity contribution in [2.45, 2.75) is 19.8 Å². The predicted molar refractivity (Wildman–Crippen MR) is 67.8 cm³/mol. The summed E-state index contributed by atoms with van der Waals surface area (Å²) in [5.74, 6) is 0.490. The van der Waals surface area contributed by atoms with Crippen LogP contribution in [0.2, 0.25) is 0 Å². The van der Waals surface area contributed by atoms with Gasteiger partial charge in [0, 0.05) is 10.8 Å². The summed E-state index contributed by atoms with van der Waals surface area (Å²) in [6.07, 6.45) is 0. The fourth-order valence-electron chi connectivity index (χ4n) is 2.22. The zero-order valence-electron chi connectivity index (χ0n) is 9.53. The van der Waals surface area contributed by atoms with Gasteiger partial charge < -0.3 is 4.42 Å². The molecule has 0 saturated heterocycles. The zero-order chi connectivity index (χ0) is 11.1. The Balaban J connectivity index is 2.49. The van der Waals surface area contributed by atoms with Crippen LogP contribution in [-0.2, 0) is 0 Å². The van der Waals surface area contributed by atoms with Gasteiger partial charge in [-0.2, -0.15) is 0 Å². The van der Waals surface area contributed by atoms with Crippen LogP contribution in [-0.4, -0.2) is 0 Å². The lowest BCUT2D eigenvalue weighted by molar-refractivity contribution is 0.657. The van der Waals surface area contributed by atoms with Gasteiger partial charge in [-0.15, -0.1) is 0 Å². The molecule has 0 radical (unpaired) electrons. The first-order chi connectivity index (χ1) is 7.77. The fourth-order valence-corrected chi connectivity index (χ4v) is 2.22. The molecule has 1 heterocycles. The summed E-state index contributed by atoms with van der Waals surface area (Å²) in [6, 6.07) is 14.6. The maximum atomic E-state index is 5.94. The van der Waals surface area contributed by atoms with Gasteiger partial charge in [0.15, 0.2) is 0 Å². The molecule has 2 aromatic carbocycles. The second-order valence-corrected chi connectivity index (χ2v) is 4.48. The van der Waals surface area contributed by atoms with E-state index in [1.54, 1.807) is 0 Å². The number of furan rings is 1. The van der Waals surface area contributed by atoms with E-state index in [1.807, 2.05) is 12.1 Å². The second kappa shape index (κ2) is 3.38. The molecule has 0 atom stereocenters. The lowest BCUT2D eigenvalue weighted by Crippen LogP contribution is -1.86. The van der Waals surface area contributed by atoms with Crippen LogP contribution in [0.15, 0.2) is 46.9 Å². The molecule has 0 aliphatic heterocycles. The van der Waals surface area contributed by atoms with Crippen LogP contribution in [0.1, 0.15) is 25.3 Å². The number of fused-ring (bicyclic) bond motifs is 3. The van der Waals surface area contributed by atoms with Gasteiger partial charge in [0.05, 0.1) is 0 Å². The first-order valence-electron chi connectivity index (χ1n) is 5.67. The molecule has 0 bridgehead atoms. The summed E-state index contributed by atoms with van der Waals surface area (Å²) < 4.78 is 5.94. The summed E-state index contributed by atoms with van der Waals surface area (Å²) in [5, 5.41) is 2.43. The molecule has 0 amide bonds. The van der Waals surface area contributed by atoms with Crippen molar-refractivity contribution in [3.05, 3.63) is 48.0 Å². The molecule has 0 unspecified atom stereocenters. The Morgan fingerprint density at radius 2 is 1.62 bits per heavy atom. The quantitative estimate of drug-likeness (QED) is 0.567. The van der Waals surface area contributed by atoms with Gasteiger partial charge >= 0.3 is 0 Å². The zero-order valence-corrected chi connectivity index (χ0v) is 9.53. The number of benzene rings is 2. The van der Waals surface area contributed by atoms with Gasteiger partial charge in [0.25, 0.3) is 0 Å². The summed E-state index contributed by atoms with van der Waals surface area (Å²) in [4.78, 5) is 0. The van der Waals surface area contributed by atoms with Crippen molar-refractivity contribution in [1.82, 2.24) is 0 Å². The second-order valence-electron chi connectivity index (χ2n) is 4.48. The largest absolute Gasteiger partial charge is 0.456 e. The van der Waals surface area contributed by atoms with Gasteiger partial charge in [-0.05, 0) is 17.5 Å². The average Bonchev–Trinajstić information content (AvgIpc) is 2.67. The Labute approximate surface area is 94.7 Å². The molecule has 0 saturated carbocycles. The van der Waals surface area contributed by atoms with Crippen molar-refractivity contribution >= 4 is 21.9 Å². The normalized spacial score (nSPS) is 11.7. The van der Waals surface area contributed by atoms with Crippen LogP contribution in [0.4, 0.5) is 0 Å². The Morgan fingerprint density at radius 1 is 0.875 bits per heavy atom. The highest BCUT2D eigenvalue weighted by Crippen LogP contribution is 2.33. The predicted octanol–water partition coefficient (Wildman–Crippen LogP) is 4.71. The first kappa shape index (κ1) is 9.46. The van der Waals surface area contributed by atoms with E-state index in [9.17, 15) is 0 Å². The van der Waals surface area contributed by atoms with E-state index in [4.69, 9.17) is 4.42 Å². The topological polar surface area (TPSA) is 13.1 Å². The molecule has 0 aliphatic carbocycles. The fraction of sp³-hybridized carbons (Fsp3) is 0.200. The van der Waals surface area contributed by atoms with E-state index < -0.39 is 0 Å². The van der Waals surface area contributed by atoms with Gasteiger partial charge in [-0.25, -0.2) is 0 Å². The van der Waals surface area contributed by atoms with Gasteiger partial charge in [0.1, 0.15) is 11.2 Å². The highest BCUT2D eigenvalue weighted by molar-refractivity contribution is 6.05. The lowest BCUT2D eigenvalue weighted by Gasteiger charge is -2.04. The molecule has 1 aromatic heterocycles. The van der Waals surface area contributed by atoms with Crippen molar-refractivity contribution in [3.63, 3.8) is 0 Å². The summed E-state index contributed by atoms with van der Waals surface area (Å²) in [7, 11) is 0. The monoisotopic (exact) mass is 210 g/mol. The minimum absolute atomic E-state index is 0.490. The van der Waals surface area contributed by atoms with E-state index in [0.29, 0.717) is 5.92 Å². The number of para-hydroxylation sites is 2. The molecule has 1 heteroatoms. The smallest absolute Gasteiger partial charge is 0.138 e. The maximum absolute atomic E-state index is 5.94. The number of hydrogen-bond donors (Lipinski definition) is 0. The highest BCUT2D eigenvalue weighted by atomic mass is 16.3. The Morgan fingerprint density at radius 3 is 2.44 bits per heavy atom. The van der Waals surface area contributed by atoms with Crippen molar-refractivity contribution in [2.75, 3.05) is 0 Å². The molecule has 0 aliphatic rings. The van der Waals surface area contributed by atoms with E-state index in [-0.39, 0.29) is 0 Å². The molecule has 0 spiro atoms. The molecular formula is C15H14O. The summed E-state index contributed by atoms with van der Waals surface area (Å²) in [5.41, 5.74) is 3.30. The van der Waals surface area contributed by atoms with Crippen LogP contribution >= 0.6 is 0 Å². The van der Waals surface area contributed by atoms with E-state index in [2.05, 4.69) is 44.2 Å². The maximum Gasteiger partial charge on any atom is 0.138 e. The molecule has 16 heavy (non-hydrogen) atoms. The highest BCUT2D eigenvalue weighted by Gasteiger charge is 2.11. The molecule has 0 fully saturated rings. The minimum Gasteiger partial charge on any atom is -0.456 e. The van der Waals surface area contributed by atoms with Crippen molar-refractivity contribution in [3.8, 4) is 0 Å². The molecule has 3 aromatic rings. The third kappa shape index (κ3) is 1.25. The SMILES string of the molecule is CC(C)c1cccc2c1oc1ccccc12. The van der Waals surface area contributed by atoms with Crippen LogP contribution in [0.5, 0.6) is 0 Å². The molecule has 0 N–H and O–H groups in total. The summed E-state index contributed by atoms with van der Waals surface area (Å²) >= 11 is 0. The third-order valence-corrected chi connectivity index (χ3v) is 3.06. The lowest BCUT2D eigenvalue weighted by atomic mass is 10.0. The van der Waals surface area contributed by atoms with Crippen molar-refractivity contribution in [2.24, 2.45) is 0 Å². The number of hydrogen-bond acceptors (Lipinski definition) is 1. The van der Waals surface area contributed by atoms with Gasteiger partial charge in [-0.1, -0.05) is 50.2 Å². The van der Waals surface area contributed by atoms with E-state index in [0.717, 1.165) is 11.2 Å². The van der Waals surface area contributed by atoms with Crippen LogP contribution < -0.4 is 0 Å². The van der Waals surface area contributed by atoms with Crippen LogP contribution in [0.25, 0.3) is 21.9 Å². The third-order valence-electron chi connectivity index (χ3n) is 3.06. The first-order valence-corrected chi connectivity index (χ1v) is 5.67. The average molecular weight is 210 g/mol. The van der Waals surface area contributed by atoms with Crippen LogP contribution in [0.3, 0.4) is 0 Å². The van der Waals surface area contributed by atoms with Gasteiger partial charge in [0.2, 0.25) is 0 Å². The number of rotatable bonds is 1. The van der Waals surface area contributed by atoms with Gasteiger partial charge in [-0.3, -0.25) is 0 Å². The van der Waals surface area contributed by atoms with Crippen molar-refractivity contribution < 1.29 is 4.42 Å². The Kier molecular flexibility index (Phi) is 2.00. The summed E-state index contributed by atoms with van der Waals surface area (Å²) in [6.45, 7) is 4.39. The Bertz CT molecular complexity index is 647. The molecule has 3 rings (SSSR count). The molecular weight excluding hydrogens is 196 g/mol. The van der Waals surface area contributed by atoms with Crippen LogP contribution in [0, 0.1) is 0 Å². The Hall–Kier alpha value is -1.76. The molecule has 1 nitrogen and oxygen atoms in total. The van der Waals surface area contributed by atoms with Crippen molar-refractivity contribution in [1.29, 1.82) is 0 Å². The minimum atomic E-state index is 0.490. The van der Waals surface area contributed by atoms with E-state index >= 15 is 0 Å².